The van der Waals surface area contributed by atoms with Gasteiger partial charge in [-0.05, 0) is 44.2 Å². The number of carbonyl (C=O) groups excluding carboxylic acids is 1. The van der Waals surface area contributed by atoms with Crippen LogP contribution in [-0.4, -0.2) is 15.7 Å². The summed E-state index contributed by atoms with van der Waals surface area (Å²) >= 11 is 0. The van der Waals surface area contributed by atoms with Crippen LogP contribution in [0.25, 0.3) is 0 Å². The number of nitrogens with one attached hydrogen (secondary N) is 1. The van der Waals surface area contributed by atoms with Crippen molar-refractivity contribution in [1.29, 1.82) is 0 Å². The van der Waals surface area contributed by atoms with Crippen molar-refractivity contribution in [3.63, 3.8) is 0 Å². The smallest absolute Gasteiger partial charge is 0.276 e. The van der Waals surface area contributed by atoms with Crippen molar-refractivity contribution < 1.29 is 9.18 Å². The van der Waals surface area contributed by atoms with Gasteiger partial charge in [0.2, 0.25) is 0 Å². The van der Waals surface area contributed by atoms with Crippen molar-refractivity contribution in [2.75, 3.05) is 5.32 Å². The highest BCUT2D eigenvalue weighted by Gasteiger charge is 2.11. The summed E-state index contributed by atoms with van der Waals surface area (Å²) in [4.78, 5) is 23.6. The van der Waals surface area contributed by atoms with Gasteiger partial charge in [0.1, 0.15) is 11.5 Å². The number of hydrogen-bond acceptors (Lipinski definition) is 3. The predicted molar refractivity (Wildman–Crippen MR) is 73.2 cm³/mol. The molecule has 0 bridgehead atoms. The van der Waals surface area contributed by atoms with Gasteiger partial charge in [0.25, 0.3) is 11.5 Å². The molecule has 6 heteroatoms. The monoisotopic (exact) mass is 275 g/mol. The molecule has 0 aliphatic carbocycles. The van der Waals surface area contributed by atoms with Crippen LogP contribution in [0.1, 0.15) is 30.4 Å². The van der Waals surface area contributed by atoms with E-state index in [1.807, 2.05) is 0 Å². The van der Waals surface area contributed by atoms with E-state index in [0.717, 1.165) is 0 Å². The fourth-order valence-corrected chi connectivity index (χ4v) is 1.64. The molecule has 0 saturated heterocycles. The Kier molecular flexibility index (Phi) is 3.93. The number of amides is 1. The van der Waals surface area contributed by atoms with Gasteiger partial charge in [-0.15, -0.1) is 0 Å². The van der Waals surface area contributed by atoms with Crippen molar-refractivity contribution in [3.05, 3.63) is 58.3 Å². The molecule has 0 atom stereocenters. The Bertz CT molecular complexity index is 678. The van der Waals surface area contributed by atoms with Gasteiger partial charge in [0.05, 0.1) is 6.04 Å². The lowest BCUT2D eigenvalue weighted by Crippen LogP contribution is -2.27. The summed E-state index contributed by atoms with van der Waals surface area (Å²) in [5.41, 5.74) is 0.321. The van der Waals surface area contributed by atoms with Gasteiger partial charge >= 0.3 is 0 Å². The molecule has 0 unspecified atom stereocenters. The van der Waals surface area contributed by atoms with E-state index in [1.54, 1.807) is 13.8 Å². The van der Waals surface area contributed by atoms with Gasteiger partial charge in [-0.25, -0.2) is 9.07 Å². The second-order valence-electron chi connectivity index (χ2n) is 4.56. The third-order valence-electron chi connectivity index (χ3n) is 2.65. The number of aromatic nitrogens is 2. The lowest BCUT2D eigenvalue weighted by Gasteiger charge is -2.10. The highest BCUT2D eigenvalue weighted by Crippen LogP contribution is 2.09. The van der Waals surface area contributed by atoms with Gasteiger partial charge in [-0.3, -0.25) is 9.59 Å². The van der Waals surface area contributed by atoms with Gasteiger partial charge < -0.3 is 5.32 Å². The molecular formula is C14H14FN3O2. The molecule has 104 valence electrons. The quantitative estimate of drug-likeness (QED) is 0.934. The molecule has 0 spiro atoms. The maximum Gasteiger partial charge on any atom is 0.276 e. The maximum atomic E-state index is 12.8. The topological polar surface area (TPSA) is 64.0 Å². The van der Waals surface area contributed by atoms with Crippen molar-refractivity contribution in [2.45, 2.75) is 19.9 Å². The highest BCUT2D eigenvalue weighted by atomic mass is 19.1. The van der Waals surface area contributed by atoms with Crippen LogP contribution < -0.4 is 10.9 Å². The number of hydrogen-bond donors (Lipinski definition) is 1. The van der Waals surface area contributed by atoms with E-state index in [1.165, 1.54) is 41.1 Å². The number of carbonyl (C=O) groups is 1. The first-order valence-electron chi connectivity index (χ1n) is 6.14. The Balaban J connectivity index is 2.23. The molecule has 5 nitrogen and oxygen atoms in total. The van der Waals surface area contributed by atoms with E-state index < -0.39 is 5.91 Å². The molecule has 1 heterocycles. The summed E-state index contributed by atoms with van der Waals surface area (Å²) in [6.07, 6.45) is 0. The summed E-state index contributed by atoms with van der Waals surface area (Å²) in [6, 6.07) is 7.92. The lowest BCUT2D eigenvalue weighted by atomic mass is 10.3. The second-order valence-corrected chi connectivity index (χ2v) is 4.56. The molecule has 0 saturated carbocycles. The Morgan fingerprint density at radius 1 is 1.20 bits per heavy atom. The molecule has 1 aromatic carbocycles. The molecule has 0 aliphatic rings. The Morgan fingerprint density at radius 3 is 2.45 bits per heavy atom. The normalized spacial score (nSPS) is 10.6. The van der Waals surface area contributed by atoms with Crippen LogP contribution in [0.4, 0.5) is 10.1 Å². The largest absolute Gasteiger partial charge is 0.321 e. The fourth-order valence-electron chi connectivity index (χ4n) is 1.64. The molecular weight excluding hydrogens is 261 g/mol. The molecule has 1 amide bonds. The third kappa shape index (κ3) is 3.09. The SMILES string of the molecule is CC(C)n1nc(C(=O)Nc2ccc(F)cc2)ccc1=O. The molecule has 0 radical (unpaired) electrons. The van der Waals surface area contributed by atoms with E-state index in [-0.39, 0.29) is 23.1 Å². The highest BCUT2D eigenvalue weighted by molar-refractivity contribution is 6.02. The summed E-state index contributed by atoms with van der Waals surface area (Å²) in [5, 5.41) is 6.59. The predicted octanol–water partition coefficient (Wildman–Crippen LogP) is 2.22. The van der Waals surface area contributed by atoms with Crippen LogP contribution in [-0.2, 0) is 0 Å². The van der Waals surface area contributed by atoms with Crippen molar-refractivity contribution in [1.82, 2.24) is 9.78 Å². The van der Waals surface area contributed by atoms with E-state index in [4.69, 9.17) is 0 Å². The number of nitrogens with zero attached hydrogens (tertiary/aromatic N) is 2. The van der Waals surface area contributed by atoms with E-state index in [0.29, 0.717) is 5.69 Å². The minimum atomic E-state index is -0.453. The molecule has 0 aliphatic heterocycles. The summed E-state index contributed by atoms with van der Waals surface area (Å²) < 4.78 is 14.0. The zero-order chi connectivity index (χ0) is 14.7. The van der Waals surface area contributed by atoms with Crippen LogP contribution in [0.2, 0.25) is 0 Å². The number of rotatable bonds is 3. The van der Waals surface area contributed by atoms with Crippen LogP contribution >= 0.6 is 0 Å². The summed E-state index contributed by atoms with van der Waals surface area (Å²) in [6.45, 7) is 3.60. The van der Waals surface area contributed by atoms with Crippen LogP contribution in [0.15, 0.2) is 41.2 Å². The Hall–Kier alpha value is -2.50. The minimum Gasteiger partial charge on any atom is -0.321 e. The standard InChI is InChI=1S/C14H14FN3O2/c1-9(2)18-13(19)8-7-12(17-18)14(20)16-11-5-3-10(15)4-6-11/h3-9H,1-2H3,(H,16,20). The first kappa shape index (κ1) is 13.9. The Morgan fingerprint density at radius 2 is 1.85 bits per heavy atom. The molecule has 1 N–H and O–H groups in total. The van der Waals surface area contributed by atoms with Crippen molar-refractivity contribution >= 4 is 11.6 Å². The Labute approximate surface area is 115 Å². The van der Waals surface area contributed by atoms with Crippen LogP contribution in [0.5, 0.6) is 0 Å². The zero-order valence-corrected chi connectivity index (χ0v) is 11.1. The molecule has 0 fully saturated rings. The summed E-state index contributed by atoms with van der Waals surface area (Å²) in [7, 11) is 0. The molecule has 1 aromatic heterocycles. The number of benzene rings is 1. The minimum absolute atomic E-state index is 0.127. The molecule has 20 heavy (non-hydrogen) atoms. The lowest BCUT2D eigenvalue weighted by molar-refractivity contribution is 0.101. The average molecular weight is 275 g/mol. The van der Waals surface area contributed by atoms with Crippen molar-refractivity contribution in [2.24, 2.45) is 0 Å². The van der Waals surface area contributed by atoms with Gasteiger partial charge in [-0.2, -0.15) is 5.10 Å². The maximum absolute atomic E-state index is 12.8. The van der Waals surface area contributed by atoms with Gasteiger partial charge in [0.15, 0.2) is 0 Å². The number of halogens is 1. The van der Waals surface area contributed by atoms with Gasteiger partial charge in [-0.1, -0.05) is 0 Å². The average Bonchev–Trinajstić information content (AvgIpc) is 2.41. The first-order valence-corrected chi connectivity index (χ1v) is 6.14. The van der Waals surface area contributed by atoms with E-state index >= 15 is 0 Å². The van der Waals surface area contributed by atoms with Crippen molar-refractivity contribution in [3.8, 4) is 0 Å². The fraction of sp³-hybridized carbons (Fsp3) is 0.214. The number of anilines is 1. The molecule has 2 aromatic rings. The summed E-state index contributed by atoms with van der Waals surface area (Å²) in [5.74, 6) is -0.833. The third-order valence-corrected chi connectivity index (χ3v) is 2.65. The van der Waals surface area contributed by atoms with E-state index in [9.17, 15) is 14.0 Å². The second kappa shape index (κ2) is 5.64. The first-order chi connectivity index (χ1) is 9.47. The van der Waals surface area contributed by atoms with Crippen LogP contribution in [0, 0.1) is 5.82 Å². The van der Waals surface area contributed by atoms with Gasteiger partial charge in [0, 0.05) is 11.8 Å². The van der Waals surface area contributed by atoms with E-state index in [2.05, 4.69) is 10.4 Å². The van der Waals surface area contributed by atoms with Crippen LogP contribution in [0.3, 0.4) is 0 Å². The zero-order valence-electron chi connectivity index (χ0n) is 11.1. The molecule has 2 rings (SSSR count).